The van der Waals surface area contributed by atoms with Crippen molar-refractivity contribution in [3.63, 3.8) is 0 Å². The first-order chi connectivity index (χ1) is 14.2. The van der Waals surface area contributed by atoms with E-state index in [9.17, 15) is 4.79 Å². The Labute approximate surface area is 173 Å². The van der Waals surface area contributed by atoms with Gasteiger partial charge in [0.2, 0.25) is 0 Å². The Hall–Kier alpha value is -3.23. The largest absolute Gasteiger partial charge is 0.341 e. The summed E-state index contributed by atoms with van der Waals surface area (Å²) in [5.74, 6) is 1.03. The standard InChI is InChI=1S/C20H13ClN6OS/c21-12-4-3-5-13(8-12)27-16(26-15-7-2-1-6-14(15)20(27)28)9-29-19-17-18(23-10-22-17)24-11-25-19/h1-8,10-11H,9H2,(H,22,23,24,25). The second-order valence-electron chi connectivity index (χ2n) is 6.23. The molecule has 9 heteroatoms. The van der Waals surface area contributed by atoms with Crippen molar-refractivity contribution in [3.05, 3.63) is 82.4 Å². The third kappa shape index (κ3) is 3.26. The van der Waals surface area contributed by atoms with Crippen LogP contribution in [0.2, 0.25) is 5.02 Å². The van der Waals surface area contributed by atoms with E-state index in [4.69, 9.17) is 16.6 Å². The summed E-state index contributed by atoms with van der Waals surface area (Å²) in [6.07, 6.45) is 3.06. The molecule has 2 aromatic carbocycles. The van der Waals surface area contributed by atoms with Gasteiger partial charge in [0.1, 0.15) is 22.7 Å². The van der Waals surface area contributed by atoms with Gasteiger partial charge >= 0.3 is 0 Å². The second kappa shape index (κ2) is 7.31. The molecule has 0 aliphatic rings. The quantitative estimate of drug-likeness (QED) is 0.349. The first-order valence-corrected chi connectivity index (χ1v) is 10.1. The minimum atomic E-state index is -0.136. The Balaban J connectivity index is 1.65. The van der Waals surface area contributed by atoms with Crippen molar-refractivity contribution >= 4 is 45.4 Å². The lowest BCUT2D eigenvalue weighted by atomic mass is 10.2. The number of hydrogen-bond acceptors (Lipinski definition) is 6. The molecule has 5 aromatic rings. The normalized spacial score (nSPS) is 11.3. The average molecular weight is 421 g/mol. The van der Waals surface area contributed by atoms with E-state index >= 15 is 0 Å². The summed E-state index contributed by atoms with van der Waals surface area (Å²) in [7, 11) is 0. The van der Waals surface area contributed by atoms with Crippen LogP contribution in [0.15, 0.2) is 71.0 Å². The Morgan fingerprint density at radius 3 is 2.86 bits per heavy atom. The van der Waals surface area contributed by atoms with Gasteiger partial charge in [0.05, 0.1) is 28.7 Å². The highest BCUT2D eigenvalue weighted by Gasteiger charge is 2.15. The molecule has 5 rings (SSSR count). The molecule has 3 heterocycles. The number of aromatic nitrogens is 6. The van der Waals surface area contributed by atoms with E-state index in [1.54, 1.807) is 29.1 Å². The van der Waals surface area contributed by atoms with E-state index < -0.39 is 0 Å². The molecule has 0 bridgehead atoms. The maximum atomic E-state index is 13.3. The van der Waals surface area contributed by atoms with Crippen LogP contribution in [0.3, 0.4) is 0 Å². The zero-order valence-corrected chi connectivity index (χ0v) is 16.5. The monoisotopic (exact) mass is 420 g/mol. The Morgan fingerprint density at radius 1 is 1.07 bits per heavy atom. The summed E-state index contributed by atoms with van der Waals surface area (Å²) in [5.41, 5.74) is 2.55. The van der Waals surface area contributed by atoms with Crippen molar-refractivity contribution in [2.45, 2.75) is 10.8 Å². The zero-order chi connectivity index (χ0) is 19.8. The van der Waals surface area contributed by atoms with Gasteiger partial charge in [0.25, 0.3) is 5.56 Å². The number of benzene rings is 2. The molecule has 142 valence electrons. The number of halogens is 1. The van der Waals surface area contributed by atoms with E-state index in [2.05, 4.69) is 19.9 Å². The van der Waals surface area contributed by atoms with Gasteiger partial charge in [-0.1, -0.05) is 41.6 Å². The molecule has 0 atom stereocenters. The third-order valence-corrected chi connectivity index (χ3v) is 5.66. The number of thioether (sulfide) groups is 1. The van der Waals surface area contributed by atoms with Gasteiger partial charge in [0.15, 0.2) is 5.65 Å². The summed E-state index contributed by atoms with van der Waals surface area (Å²) in [6, 6.07) is 14.5. The summed E-state index contributed by atoms with van der Waals surface area (Å²) >= 11 is 7.63. The highest BCUT2D eigenvalue weighted by molar-refractivity contribution is 7.98. The fraction of sp³-hybridized carbons (Fsp3) is 0.0500. The van der Waals surface area contributed by atoms with Gasteiger partial charge in [-0.05, 0) is 30.3 Å². The summed E-state index contributed by atoms with van der Waals surface area (Å²) < 4.78 is 1.60. The molecule has 0 fully saturated rings. The fourth-order valence-corrected chi connectivity index (χ4v) is 4.20. The molecule has 0 unspecified atom stereocenters. The molecule has 0 spiro atoms. The van der Waals surface area contributed by atoms with Crippen molar-refractivity contribution < 1.29 is 0 Å². The van der Waals surface area contributed by atoms with Gasteiger partial charge in [-0.25, -0.2) is 19.9 Å². The first kappa shape index (κ1) is 17.8. The number of H-pyrrole nitrogens is 1. The van der Waals surface area contributed by atoms with E-state index in [0.717, 1.165) is 10.5 Å². The molecule has 3 aromatic heterocycles. The molecule has 7 nitrogen and oxygen atoms in total. The lowest BCUT2D eigenvalue weighted by Crippen LogP contribution is -2.23. The minimum absolute atomic E-state index is 0.136. The Kier molecular flexibility index (Phi) is 4.49. The zero-order valence-electron chi connectivity index (χ0n) is 14.9. The van der Waals surface area contributed by atoms with Crippen LogP contribution in [0.1, 0.15) is 5.82 Å². The Bertz CT molecular complexity index is 1410. The van der Waals surface area contributed by atoms with Crippen LogP contribution in [-0.2, 0) is 5.75 Å². The first-order valence-electron chi connectivity index (χ1n) is 8.74. The molecule has 0 saturated carbocycles. The van der Waals surface area contributed by atoms with Gasteiger partial charge in [-0.15, -0.1) is 0 Å². The molecule has 0 aliphatic heterocycles. The van der Waals surface area contributed by atoms with Crippen molar-refractivity contribution in [1.82, 2.24) is 29.5 Å². The van der Waals surface area contributed by atoms with Crippen LogP contribution in [0.25, 0.3) is 27.8 Å². The number of aromatic amines is 1. The van der Waals surface area contributed by atoms with Crippen LogP contribution in [0.4, 0.5) is 0 Å². The smallest absolute Gasteiger partial charge is 0.265 e. The lowest BCUT2D eigenvalue weighted by molar-refractivity contribution is 0.883. The van der Waals surface area contributed by atoms with E-state index in [0.29, 0.717) is 38.8 Å². The number of imidazole rings is 1. The van der Waals surface area contributed by atoms with Crippen LogP contribution < -0.4 is 5.56 Å². The molecule has 29 heavy (non-hydrogen) atoms. The average Bonchev–Trinajstić information content (AvgIpc) is 3.22. The summed E-state index contributed by atoms with van der Waals surface area (Å²) in [4.78, 5) is 33.7. The predicted molar refractivity (Wildman–Crippen MR) is 114 cm³/mol. The molecule has 0 amide bonds. The van der Waals surface area contributed by atoms with Crippen LogP contribution in [0, 0.1) is 0 Å². The summed E-state index contributed by atoms with van der Waals surface area (Å²) in [5, 5.41) is 1.85. The van der Waals surface area contributed by atoms with Crippen molar-refractivity contribution in [1.29, 1.82) is 0 Å². The number of fused-ring (bicyclic) bond motifs is 2. The third-order valence-electron chi connectivity index (χ3n) is 4.44. The highest BCUT2D eigenvalue weighted by Crippen LogP contribution is 2.26. The molecular formula is C20H13ClN6OS. The van der Waals surface area contributed by atoms with Gasteiger partial charge in [-0.3, -0.25) is 9.36 Å². The number of rotatable bonds is 4. The number of nitrogens with one attached hydrogen (secondary N) is 1. The SMILES string of the molecule is O=c1c2ccccc2nc(CSc2ncnc3nc[nH]c23)n1-c1cccc(Cl)c1. The van der Waals surface area contributed by atoms with Crippen molar-refractivity contribution in [3.8, 4) is 5.69 Å². The van der Waals surface area contributed by atoms with Crippen LogP contribution >= 0.6 is 23.4 Å². The maximum absolute atomic E-state index is 13.3. The van der Waals surface area contributed by atoms with E-state index in [1.807, 2.05) is 30.3 Å². The van der Waals surface area contributed by atoms with E-state index in [1.165, 1.54) is 18.1 Å². The van der Waals surface area contributed by atoms with Crippen molar-refractivity contribution in [2.75, 3.05) is 0 Å². The second-order valence-corrected chi connectivity index (χ2v) is 7.63. The number of para-hydroxylation sites is 1. The van der Waals surface area contributed by atoms with E-state index in [-0.39, 0.29) is 5.56 Å². The fourth-order valence-electron chi connectivity index (χ4n) is 3.14. The minimum Gasteiger partial charge on any atom is -0.341 e. The lowest BCUT2D eigenvalue weighted by Gasteiger charge is -2.13. The van der Waals surface area contributed by atoms with Gasteiger partial charge < -0.3 is 4.98 Å². The van der Waals surface area contributed by atoms with Crippen molar-refractivity contribution in [2.24, 2.45) is 0 Å². The summed E-state index contributed by atoms with van der Waals surface area (Å²) in [6.45, 7) is 0. The highest BCUT2D eigenvalue weighted by atomic mass is 35.5. The number of hydrogen-bond donors (Lipinski definition) is 1. The molecule has 0 aliphatic carbocycles. The van der Waals surface area contributed by atoms with Gasteiger partial charge in [-0.2, -0.15) is 0 Å². The van der Waals surface area contributed by atoms with Gasteiger partial charge in [0, 0.05) is 5.02 Å². The topological polar surface area (TPSA) is 89.3 Å². The molecular weight excluding hydrogens is 408 g/mol. The Morgan fingerprint density at radius 2 is 1.97 bits per heavy atom. The number of nitrogens with zero attached hydrogens (tertiary/aromatic N) is 5. The van der Waals surface area contributed by atoms with Crippen LogP contribution in [-0.4, -0.2) is 29.5 Å². The maximum Gasteiger partial charge on any atom is 0.265 e. The predicted octanol–water partition coefficient (Wildman–Crippen LogP) is 4.00. The van der Waals surface area contributed by atoms with Crippen LogP contribution in [0.5, 0.6) is 0 Å². The molecule has 0 saturated heterocycles. The molecule has 1 N–H and O–H groups in total. The molecule has 0 radical (unpaired) electrons.